The third-order valence-electron chi connectivity index (χ3n) is 7.64. The van der Waals surface area contributed by atoms with Gasteiger partial charge in [-0.1, -0.05) is 42.0 Å². The van der Waals surface area contributed by atoms with E-state index in [2.05, 4.69) is 0 Å². The van der Waals surface area contributed by atoms with Crippen LogP contribution in [0.5, 0.6) is 17.2 Å². The fourth-order valence-electron chi connectivity index (χ4n) is 5.54. The summed E-state index contributed by atoms with van der Waals surface area (Å²) in [6.07, 6.45) is -1.10. The Balaban J connectivity index is 1.43. The summed E-state index contributed by atoms with van der Waals surface area (Å²) in [5.74, 6) is 1.00. The predicted molar refractivity (Wildman–Crippen MR) is 149 cm³/mol. The molecule has 3 atom stereocenters. The lowest BCUT2D eigenvalue weighted by Crippen LogP contribution is -2.26. The van der Waals surface area contributed by atoms with Gasteiger partial charge in [-0.2, -0.15) is 13.2 Å². The molecule has 0 spiro atoms. The second-order valence-electron chi connectivity index (χ2n) is 10.7. The number of ether oxygens (including phenoxy) is 5. The first-order chi connectivity index (χ1) is 19.8. The lowest BCUT2D eigenvalue weighted by Gasteiger charge is -2.33. The highest BCUT2D eigenvalue weighted by Gasteiger charge is 2.45. The number of aryl methyl sites for hydroxylation is 1. The Hall–Kier alpha value is -3.49. The predicted octanol–water partition coefficient (Wildman–Crippen LogP) is 8.41. The topological polar surface area (TPSA) is 46.2 Å². The van der Waals surface area contributed by atoms with E-state index in [1.54, 1.807) is 36.4 Å². The van der Waals surface area contributed by atoms with Crippen LogP contribution in [-0.2, 0) is 9.47 Å². The molecule has 0 N–H and O–H groups in total. The molecule has 3 unspecified atom stereocenters. The van der Waals surface area contributed by atoms with Crippen LogP contribution in [0.25, 0.3) is 11.1 Å². The summed E-state index contributed by atoms with van der Waals surface area (Å²) >= 11 is 0. The number of benzene rings is 3. The average Bonchev–Trinajstić information content (AvgIpc) is 2.98. The molecule has 2 fully saturated rings. The van der Waals surface area contributed by atoms with Crippen LogP contribution in [0.15, 0.2) is 66.7 Å². The molecule has 0 saturated carbocycles. The summed E-state index contributed by atoms with van der Waals surface area (Å²) < 4.78 is 74.7. The summed E-state index contributed by atoms with van der Waals surface area (Å²) in [5, 5.41) is 0. The van der Waals surface area contributed by atoms with Crippen molar-refractivity contribution in [3.05, 3.63) is 89.0 Å². The van der Waals surface area contributed by atoms with Crippen molar-refractivity contribution in [2.75, 3.05) is 13.2 Å². The second kappa shape index (κ2) is 11.8. The van der Waals surface area contributed by atoms with E-state index >= 15 is 13.2 Å². The molecule has 3 heterocycles. The number of halogens is 3. The van der Waals surface area contributed by atoms with Crippen molar-refractivity contribution in [3.63, 3.8) is 0 Å². The van der Waals surface area contributed by atoms with Crippen LogP contribution in [0.3, 0.4) is 0 Å². The standard InChI is InChI=1S/C33H33F3O5/c1-21-8-10-23(11-9-21)32-30(22-12-14-24(15-13-22)39-28-6-2-4-18-37-28)31(33(34,35)36)26-20-25(16-17-27(26)41-32)40-29-7-3-5-19-38-29/h8-17,20,28-29,32H,2-7,18-19H2,1H3. The van der Waals surface area contributed by atoms with E-state index in [0.717, 1.165) is 37.7 Å². The normalized spacial score (nSPS) is 23.0. The molecule has 8 heteroatoms. The minimum atomic E-state index is -4.66. The maximum Gasteiger partial charge on any atom is 0.417 e. The zero-order valence-electron chi connectivity index (χ0n) is 22.9. The SMILES string of the molecule is Cc1ccc(C2Oc3ccc(OC4CCCCO4)cc3C(C(F)(F)F)=C2c2ccc(OC3CCCCO3)cc2)cc1. The van der Waals surface area contributed by atoms with Gasteiger partial charge in [0.1, 0.15) is 17.2 Å². The number of rotatable bonds is 6. The van der Waals surface area contributed by atoms with E-state index < -0.39 is 24.1 Å². The number of allylic oxidation sites excluding steroid dienone is 1. The molecule has 6 rings (SSSR count). The van der Waals surface area contributed by atoms with E-state index in [9.17, 15) is 0 Å². The first-order valence-electron chi connectivity index (χ1n) is 14.2. The average molecular weight is 567 g/mol. The zero-order chi connectivity index (χ0) is 28.4. The van der Waals surface area contributed by atoms with E-state index in [1.165, 1.54) is 6.07 Å². The minimum Gasteiger partial charge on any atom is -0.480 e. The van der Waals surface area contributed by atoms with Crippen molar-refractivity contribution in [1.29, 1.82) is 0 Å². The molecular weight excluding hydrogens is 533 g/mol. The summed E-state index contributed by atoms with van der Waals surface area (Å²) in [7, 11) is 0. The monoisotopic (exact) mass is 566 g/mol. The number of alkyl halides is 3. The highest BCUT2D eigenvalue weighted by atomic mass is 19.4. The fraction of sp³-hybridized carbons (Fsp3) is 0.394. The van der Waals surface area contributed by atoms with Gasteiger partial charge in [0.25, 0.3) is 0 Å². The molecule has 3 aliphatic heterocycles. The Morgan fingerprint density at radius 3 is 1.93 bits per heavy atom. The van der Waals surface area contributed by atoms with Gasteiger partial charge in [0.05, 0.1) is 18.8 Å². The van der Waals surface area contributed by atoms with Gasteiger partial charge in [-0.05, 0) is 74.1 Å². The summed E-state index contributed by atoms with van der Waals surface area (Å²) in [6, 6.07) is 18.7. The molecule has 41 heavy (non-hydrogen) atoms. The van der Waals surface area contributed by atoms with Gasteiger partial charge in [-0.25, -0.2) is 0 Å². The van der Waals surface area contributed by atoms with Crippen LogP contribution in [0.4, 0.5) is 13.2 Å². The van der Waals surface area contributed by atoms with E-state index in [4.69, 9.17) is 23.7 Å². The Morgan fingerprint density at radius 2 is 1.34 bits per heavy atom. The summed E-state index contributed by atoms with van der Waals surface area (Å²) in [5.41, 5.74) is 1.27. The van der Waals surface area contributed by atoms with Gasteiger partial charge < -0.3 is 23.7 Å². The van der Waals surface area contributed by atoms with E-state index in [0.29, 0.717) is 42.3 Å². The van der Waals surface area contributed by atoms with Crippen LogP contribution >= 0.6 is 0 Å². The molecule has 0 aromatic heterocycles. The molecule has 5 nitrogen and oxygen atoms in total. The first kappa shape index (κ1) is 27.7. The molecule has 3 aromatic carbocycles. The molecule has 216 valence electrons. The quantitative estimate of drug-likeness (QED) is 0.300. The van der Waals surface area contributed by atoms with Crippen LogP contribution < -0.4 is 14.2 Å². The lowest BCUT2D eigenvalue weighted by molar-refractivity contribution is -0.106. The van der Waals surface area contributed by atoms with Crippen LogP contribution in [0.2, 0.25) is 0 Å². The summed E-state index contributed by atoms with van der Waals surface area (Å²) in [4.78, 5) is 0. The molecule has 3 aromatic rings. The molecule has 0 bridgehead atoms. The van der Waals surface area contributed by atoms with Crippen LogP contribution in [0, 0.1) is 6.92 Å². The second-order valence-corrected chi connectivity index (χ2v) is 10.7. The van der Waals surface area contributed by atoms with Crippen molar-refractivity contribution in [3.8, 4) is 17.2 Å². The highest BCUT2D eigenvalue weighted by molar-refractivity contribution is 5.98. The summed E-state index contributed by atoms with van der Waals surface area (Å²) in [6.45, 7) is 3.14. The smallest absolute Gasteiger partial charge is 0.417 e. The highest BCUT2D eigenvalue weighted by Crippen LogP contribution is 2.53. The van der Waals surface area contributed by atoms with Gasteiger partial charge in [-0.15, -0.1) is 0 Å². The molecular formula is C33H33F3O5. The minimum absolute atomic E-state index is 0.0420. The maximum atomic E-state index is 15.1. The van der Waals surface area contributed by atoms with Crippen molar-refractivity contribution in [2.45, 2.75) is 70.3 Å². The van der Waals surface area contributed by atoms with Crippen molar-refractivity contribution in [2.24, 2.45) is 0 Å². The zero-order valence-corrected chi connectivity index (χ0v) is 22.9. The van der Waals surface area contributed by atoms with Gasteiger partial charge in [0.15, 0.2) is 18.7 Å². The fourth-order valence-corrected chi connectivity index (χ4v) is 5.54. The third kappa shape index (κ3) is 6.23. The Morgan fingerprint density at radius 1 is 0.732 bits per heavy atom. The lowest BCUT2D eigenvalue weighted by atomic mass is 9.85. The molecule has 0 amide bonds. The number of hydrogen-bond donors (Lipinski definition) is 0. The largest absolute Gasteiger partial charge is 0.480 e. The van der Waals surface area contributed by atoms with Crippen LogP contribution in [0.1, 0.15) is 66.9 Å². The Kier molecular flexibility index (Phi) is 7.95. The number of hydrogen-bond acceptors (Lipinski definition) is 5. The van der Waals surface area contributed by atoms with E-state index in [-0.39, 0.29) is 23.2 Å². The van der Waals surface area contributed by atoms with Gasteiger partial charge in [-0.3, -0.25) is 0 Å². The van der Waals surface area contributed by atoms with Crippen LogP contribution in [-0.4, -0.2) is 32.0 Å². The first-order valence-corrected chi connectivity index (χ1v) is 14.2. The van der Waals surface area contributed by atoms with Crippen molar-refractivity contribution < 1.29 is 36.9 Å². The van der Waals surface area contributed by atoms with E-state index in [1.807, 2.05) is 31.2 Å². The van der Waals surface area contributed by atoms with Gasteiger partial charge in [0, 0.05) is 24.0 Å². The molecule has 0 aliphatic carbocycles. The van der Waals surface area contributed by atoms with Crippen molar-refractivity contribution >= 4 is 11.1 Å². The Labute approximate surface area is 237 Å². The van der Waals surface area contributed by atoms with Crippen molar-refractivity contribution in [1.82, 2.24) is 0 Å². The van der Waals surface area contributed by atoms with Gasteiger partial charge >= 0.3 is 6.18 Å². The molecule has 2 saturated heterocycles. The van der Waals surface area contributed by atoms with Gasteiger partial charge in [0.2, 0.25) is 0 Å². The maximum absolute atomic E-state index is 15.1. The number of fused-ring (bicyclic) bond motifs is 1. The molecule has 3 aliphatic rings. The Bertz CT molecular complexity index is 1370. The third-order valence-corrected chi connectivity index (χ3v) is 7.64. The molecule has 0 radical (unpaired) electrons.